The van der Waals surface area contributed by atoms with E-state index in [9.17, 15) is 9.18 Å². The van der Waals surface area contributed by atoms with Gasteiger partial charge in [0.1, 0.15) is 11.6 Å². The fourth-order valence-electron chi connectivity index (χ4n) is 2.98. The smallest absolute Gasteiger partial charge is 0.356 e. The predicted molar refractivity (Wildman–Crippen MR) is 87.8 cm³/mol. The van der Waals surface area contributed by atoms with Gasteiger partial charge < -0.3 is 10.4 Å². The Labute approximate surface area is 143 Å². The number of carboxylic acid groups (broad SMARTS) is 1. The zero-order chi connectivity index (χ0) is 17.3. The second-order valence-electron chi connectivity index (χ2n) is 5.73. The lowest BCUT2D eigenvalue weighted by atomic mass is 10.00. The second-order valence-corrected chi connectivity index (χ2v) is 6.14. The molecule has 0 saturated carbocycles. The number of aromatic nitrogens is 2. The average molecular weight is 351 g/mol. The Morgan fingerprint density at radius 3 is 2.83 bits per heavy atom. The minimum Gasteiger partial charge on any atom is -0.476 e. The topological polar surface area (TPSA) is 78.4 Å². The highest BCUT2D eigenvalue weighted by atomic mass is 35.5. The van der Waals surface area contributed by atoms with Crippen molar-refractivity contribution < 1.29 is 14.3 Å². The standard InChI is InChI=1S/C16H16ClFN4O2/c1-22-5-4-12(15(22)9-2-3-10(17)11(18)6-9)21-14-8-19-13(7-20-14)16(23)24/h2-3,6-8,12,15H,4-5H2,1H3,(H,20,21)(H,23,24). The molecule has 0 radical (unpaired) electrons. The molecule has 1 aliphatic heterocycles. The van der Waals surface area contributed by atoms with E-state index in [2.05, 4.69) is 20.2 Å². The third kappa shape index (κ3) is 3.32. The molecule has 6 nitrogen and oxygen atoms in total. The Morgan fingerprint density at radius 2 is 2.21 bits per heavy atom. The molecule has 2 atom stereocenters. The number of nitrogens with one attached hydrogen (secondary N) is 1. The molecule has 126 valence electrons. The van der Waals surface area contributed by atoms with Crippen LogP contribution < -0.4 is 5.32 Å². The predicted octanol–water partition coefficient (Wildman–Crippen LogP) is 2.82. The Morgan fingerprint density at radius 1 is 1.42 bits per heavy atom. The largest absolute Gasteiger partial charge is 0.476 e. The first-order chi connectivity index (χ1) is 11.5. The summed E-state index contributed by atoms with van der Waals surface area (Å²) in [5.41, 5.74) is 0.713. The van der Waals surface area contributed by atoms with Crippen LogP contribution in [0.2, 0.25) is 5.02 Å². The molecule has 0 aliphatic carbocycles. The summed E-state index contributed by atoms with van der Waals surface area (Å²) >= 11 is 5.76. The Bertz CT molecular complexity index is 756. The van der Waals surface area contributed by atoms with Gasteiger partial charge in [0.15, 0.2) is 5.69 Å². The third-order valence-electron chi connectivity index (χ3n) is 4.14. The van der Waals surface area contributed by atoms with E-state index in [4.69, 9.17) is 16.7 Å². The van der Waals surface area contributed by atoms with E-state index in [0.717, 1.165) is 18.5 Å². The van der Waals surface area contributed by atoms with Gasteiger partial charge in [0, 0.05) is 12.6 Å². The number of halogens is 2. The summed E-state index contributed by atoms with van der Waals surface area (Å²) in [5, 5.41) is 12.2. The molecule has 1 aliphatic rings. The van der Waals surface area contributed by atoms with Crippen molar-refractivity contribution in [3.05, 3.63) is 52.7 Å². The number of likely N-dealkylation sites (N-methyl/N-ethyl adjacent to an activating group) is 1. The van der Waals surface area contributed by atoms with Gasteiger partial charge in [0.05, 0.1) is 23.5 Å². The molecular weight excluding hydrogens is 335 g/mol. The van der Waals surface area contributed by atoms with Crippen LogP contribution in [0.15, 0.2) is 30.6 Å². The van der Waals surface area contributed by atoms with Crippen LogP contribution in [-0.4, -0.2) is 45.6 Å². The second kappa shape index (κ2) is 6.70. The maximum atomic E-state index is 13.8. The van der Waals surface area contributed by atoms with E-state index in [1.165, 1.54) is 18.5 Å². The zero-order valence-electron chi connectivity index (χ0n) is 12.9. The lowest BCUT2D eigenvalue weighted by molar-refractivity contribution is 0.0690. The van der Waals surface area contributed by atoms with Crippen LogP contribution in [0.1, 0.15) is 28.5 Å². The summed E-state index contributed by atoms with van der Waals surface area (Å²) in [6.45, 7) is 0.840. The lowest BCUT2D eigenvalue weighted by Gasteiger charge is -2.26. The minimum atomic E-state index is -1.12. The van der Waals surface area contributed by atoms with Gasteiger partial charge in [0.2, 0.25) is 0 Å². The number of benzene rings is 1. The van der Waals surface area contributed by atoms with E-state index in [-0.39, 0.29) is 22.8 Å². The molecule has 24 heavy (non-hydrogen) atoms. The van der Waals surface area contributed by atoms with Crippen molar-refractivity contribution in [2.24, 2.45) is 0 Å². The molecule has 1 fully saturated rings. The van der Waals surface area contributed by atoms with Crippen molar-refractivity contribution in [1.29, 1.82) is 0 Å². The number of carboxylic acids is 1. The molecule has 1 saturated heterocycles. The fourth-order valence-corrected chi connectivity index (χ4v) is 3.10. The van der Waals surface area contributed by atoms with Crippen LogP contribution in [0.25, 0.3) is 0 Å². The molecule has 2 heterocycles. The number of anilines is 1. The molecular formula is C16H16ClFN4O2. The van der Waals surface area contributed by atoms with Crippen molar-refractivity contribution in [1.82, 2.24) is 14.9 Å². The van der Waals surface area contributed by atoms with Gasteiger partial charge in [-0.15, -0.1) is 0 Å². The van der Waals surface area contributed by atoms with Gasteiger partial charge in [-0.1, -0.05) is 17.7 Å². The van der Waals surface area contributed by atoms with Gasteiger partial charge in [-0.05, 0) is 31.2 Å². The number of likely N-dealkylation sites (tertiary alicyclic amines) is 1. The zero-order valence-corrected chi connectivity index (χ0v) is 13.7. The SMILES string of the molecule is CN1CCC(Nc2cnc(C(=O)O)cn2)C1c1ccc(Cl)c(F)c1. The molecule has 1 aromatic carbocycles. The quantitative estimate of drug-likeness (QED) is 0.882. The van der Waals surface area contributed by atoms with Gasteiger partial charge in [-0.25, -0.2) is 19.2 Å². The van der Waals surface area contributed by atoms with Crippen molar-refractivity contribution in [2.75, 3.05) is 18.9 Å². The lowest BCUT2D eigenvalue weighted by Crippen LogP contribution is -2.29. The van der Waals surface area contributed by atoms with E-state index < -0.39 is 11.8 Å². The average Bonchev–Trinajstić information content (AvgIpc) is 2.91. The van der Waals surface area contributed by atoms with Crippen LogP contribution in [0.4, 0.5) is 10.2 Å². The van der Waals surface area contributed by atoms with E-state index in [1.807, 2.05) is 13.1 Å². The first kappa shape index (κ1) is 16.6. The van der Waals surface area contributed by atoms with E-state index in [1.54, 1.807) is 6.07 Å². The van der Waals surface area contributed by atoms with E-state index >= 15 is 0 Å². The molecule has 2 N–H and O–H groups in total. The van der Waals surface area contributed by atoms with Crippen LogP contribution in [0.3, 0.4) is 0 Å². The Hall–Kier alpha value is -2.25. The van der Waals surface area contributed by atoms with Crippen LogP contribution in [0, 0.1) is 5.82 Å². The summed E-state index contributed by atoms with van der Waals surface area (Å²) in [6, 6.07) is 4.77. The van der Waals surface area contributed by atoms with E-state index in [0.29, 0.717) is 5.82 Å². The highest BCUT2D eigenvalue weighted by Gasteiger charge is 2.33. The van der Waals surface area contributed by atoms with Gasteiger partial charge in [-0.2, -0.15) is 0 Å². The number of hydrogen-bond acceptors (Lipinski definition) is 5. The summed E-state index contributed by atoms with van der Waals surface area (Å²) < 4.78 is 13.8. The van der Waals surface area contributed by atoms with Crippen molar-refractivity contribution in [2.45, 2.75) is 18.5 Å². The Balaban J connectivity index is 1.81. The van der Waals surface area contributed by atoms with Gasteiger partial charge in [-0.3, -0.25) is 4.90 Å². The molecule has 2 unspecified atom stereocenters. The number of carbonyl (C=O) groups is 1. The molecule has 8 heteroatoms. The van der Waals surface area contributed by atoms with Crippen LogP contribution in [-0.2, 0) is 0 Å². The molecule has 0 spiro atoms. The maximum absolute atomic E-state index is 13.8. The molecule has 0 bridgehead atoms. The number of hydrogen-bond donors (Lipinski definition) is 2. The summed E-state index contributed by atoms with van der Waals surface area (Å²) in [4.78, 5) is 20.9. The maximum Gasteiger partial charge on any atom is 0.356 e. The minimum absolute atomic E-state index is 0.000513. The van der Waals surface area contributed by atoms with Crippen molar-refractivity contribution in [3.63, 3.8) is 0 Å². The van der Waals surface area contributed by atoms with Crippen LogP contribution >= 0.6 is 11.6 Å². The molecule has 0 amide bonds. The first-order valence-corrected chi connectivity index (χ1v) is 7.80. The number of rotatable bonds is 4. The van der Waals surface area contributed by atoms with Gasteiger partial charge in [0.25, 0.3) is 0 Å². The van der Waals surface area contributed by atoms with Crippen LogP contribution in [0.5, 0.6) is 0 Å². The molecule has 3 rings (SSSR count). The summed E-state index contributed by atoms with van der Waals surface area (Å²) in [7, 11) is 1.97. The summed E-state index contributed by atoms with van der Waals surface area (Å²) in [6.07, 6.45) is 3.44. The third-order valence-corrected chi connectivity index (χ3v) is 4.44. The highest BCUT2D eigenvalue weighted by Crippen LogP contribution is 2.34. The van der Waals surface area contributed by atoms with Crippen molar-refractivity contribution in [3.8, 4) is 0 Å². The number of nitrogens with zero attached hydrogens (tertiary/aromatic N) is 3. The summed E-state index contributed by atoms with van der Waals surface area (Å²) in [5.74, 6) is -1.08. The first-order valence-electron chi connectivity index (χ1n) is 7.43. The van der Waals surface area contributed by atoms with Crippen molar-refractivity contribution >= 4 is 23.4 Å². The Kier molecular flexibility index (Phi) is 4.64. The number of aromatic carboxylic acids is 1. The molecule has 1 aromatic heterocycles. The monoisotopic (exact) mass is 350 g/mol. The normalized spacial score (nSPS) is 21.0. The fraction of sp³-hybridized carbons (Fsp3) is 0.312. The van der Waals surface area contributed by atoms with Gasteiger partial charge >= 0.3 is 5.97 Å². The molecule has 2 aromatic rings. The highest BCUT2D eigenvalue weighted by molar-refractivity contribution is 6.30.